The summed E-state index contributed by atoms with van der Waals surface area (Å²) in [6.45, 7) is 7.13. The molecule has 4 nitrogen and oxygen atoms in total. The van der Waals surface area contributed by atoms with E-state index in [1.807, 2.05) is 20.8 Å². The second-order valence-corrected chi connectivity index (χ2v) is 5.39. The van der Waals surface area contributed by atoms with Crippen LogP contribution in [0.5, 0.6) is 0 Å². The number of hydrogen-bond donors (Lipinski definition) is 0. The Morgan fingerprint density at radius 3 is 2.27 bits per heavy atom. The number of ether oxygens (including phenoxy) is 2. The molecule has 0 N–H and O–H groups in total. The van der Waals surface area contributed by atoms with E-state index in [0.29, 0.717) is 0 Å². The van der Waals surface area contributed by atoms with Crippen LogP contribution < -0.4 is 0 Å². The molecule has 15 heavy (non-hydrogen) atoms. The predicted octanol–water partition coefficient (Wildman–Crippen LogP) is 1.62. The van der Waals surface area contributed by atoms with Gasteiger partial charge in [0.15, 0.2) is 0 Å². The van der Waals surface area contributed by atoms with Crippen LogP contribution in [0.25, 0.3) is 0 Å². The Morgan fingerprint density at radius 1 is 1.33 bits per heavy atom. The first kappa shape index (κ1) is 14.3. The fourth-order valence-electron chi connectivity index (χ4n) is 0.705. The van der Waals surface area contributed by atoms with E-state index < -0.39 is 5.60 Å². The maximum absolute atomic E-state index is 11.5. The molecule has 1 atom stereocenters. The minimum atomic E-state index is -0.489. The topological polar surface area (TPSA) is 52.6 Å². The molecule has 0 spiro atoms. The quantitative estimate of drug-likeness (QED) is 0.692. The van der Waals surface area contributed by atoms with Gasteiger partial charge in [0.25, 0.3) is 0 Å². The van der Waals surface area contributed by atoms with Crippen molar-refractivity contribution >= 4 is 23.7 Å². The van der Waals surface area contributed by atoms with Crippen LogP contribution in [-0.2, 0) is 19.1 Å². The van der Waals surface area contributed by atoms with Gasteiger partial charge in [0.1, 0.15) is 10.9 Å². The van der Waals surface area contributed by atoms with Crippen molar-refractivity contribution in [3.05, 3.63) is 0 Å². The zero-order valence-electron chi connectivity index (χ0n) is 9.83. The molecule has 0 aromatic rings. The first-order chi connectivity index (χ1) is 6.76. The van der Waals surface area contributed by atoms with Gasteiger partial charge in [0, 0.05) is 0 Å². The lowest BCUT2D eigenvalue weighted by atomic mass is 10.2. The number of hydrogen-bond acceptors (Lipinski definition) is 5. The van der Waals surface area contributed by atoms with Gasteiger partial charge in [0.05, 0.1) is 12.9 Å². The minimum absolute atomic E-state index is 0.164. The average molecular weight is 234 g/mol. The van der Waals surface area contributed by atoms with Crippen LogP contribution in [0.1, 0.15) is 27.7 Å². The third-order valence-electron chi connectivity index (χ3n) is 1.42. The zero-order chi connectivity index (χ0) is 12.1. The van der Waals surface area contributed by atoms with Gasteiger partial charge in [-0.1, -0.05) is 0 Å². The Balaban J connectivity index is 3.95. The molecule has 0 saturated carbocycles. The summed E-state index contributed by atoms with van der Waals surface area (Å²) >= 11 is 1.21. The minimum Gasteiger partial charge on any atom is -0.468 e. The summed E-state index contributed by atoms with van der Waals surface area (Å²) in [4.78, 5) is 22.3. The van der Waals surface area contributed by atoms with Crippen molar-refractivity contribution in [3.63, 3.8) is 0 Å². The summed E-state index contributed by atoms with van der Waals surface area (Å²) < 4.78 is 9.62. The summed E-state index contributed by atoms with van der Waals surface area (Å²) in [5.41, 5.74) is -0.489. The maximum Gasteiger partial charge on any atom is 0.319 e. The molecule has 1 unspecified atom stereocenters. The van der Waals surface area contributed by atoms with Crippen molar-refractivity contribution in [3.8, 4) is 0 Å². The Bertz CT molecular complexity index is 232. The third-order valence-corrected chi connectivity index (χ3v) is 2.51. The van der Waals surface area contributed by atoms with Crippen molar-refractivity contribution in [2.45, 2.75) is 38.5 Å². The first-order valence-electron chi connectivity index (χ1n) is 4.67. The Labute approximate surface area is 94.7 Å². The molecule has 0 aliphatic heterocycles. The summed E-state index contributed by atoms with van der Waals surface area (Å²) in [7, 11) is 1.32. The summed E-state index contributed by atoms with van der Waals surface area (Å²) in [6.07, 6.45) is 0. The number of esters is 2. The molecule has 0 aromatic carbocycles. The number of methoxy groups -OCH3 is 1. The smallest absolute Gasteiger partial charge is 0.319 e. The molecule has 0 rings (SSSR count). The van der Waals surface area contributed by atoms with Crippen LogP contribution in [0.2, 0.25) is 0 Å². The molecule has 0 aliphatic carbocycles. The van der Waals surface area contributed by atoms with Crippen LogP contribution in [0.3, 0.4) is 0 Å². The second-order valence-electron chi connectivity index (χ2n) is 4.06. The summed E-state index contributed by atoms with van der Waals surface area (Å²) in [6, 6.07) is 0. The summed E-state index contributed by atoms with van der Waals surface area (Å²) in [5.74, 6) is -0.483. The van der Waals surface area contributed by atoms with E-state index in [1.54, 1.807) is 6.92 Å². The van der Waals surface area contributed by atoms with Crippen LogP contribution >= 0.6 is 11.8 Å². The molecule has 88 valence electrons. The highest BCUT2D eigenvalue weighted by Crippen LogP contribution is 2.16. The van der Waals surface area contributed by atoms with Crippen LogP contribution in [0, 0.1) is 0 Å². The normalized spacial score (nSPS) is 13.1. The third kappa shape index (κ3) is 7.25. The molecule has 0 radical (unpaired) electrons. The van der Waals surface area contributed by atoms with Crippen molar-refractivity contribution in [2.75, 3.05) is 12.9 Å². The molecule has 0 amide bonds. The lowest BCUT2D eigenvalue weighted by Crippen LogP contribution is -2.29. The SMILES string of the molecule is COC(=O)CSC(C)C(=O)OC(C)(C)C. The van der Waals surface area contributed by atoms with Gasteiger partial charge in [-0.3, -0.25) is 9.59 Å². The van der Waals surface area contributed by atoms with Crippen molar-refractivity contribution < 1.29 is 19.1 Å². The summed E-state index contributed by atoms with van der Waals surface area (Å²) in [5, 5.41) is -0.358. The molecule has 0 heterocycles. The lowest BCUT2D eigenvalue weighted by molar-refractivity contribution is -0.153. The van der Waals surface area contributed by atoms with E-state index in [-0.39, 0.29) is 22.9 Å². The van der Waals surface area contributed by atoms with Gasteiger partial charge < -0.3 is 9.47 Å². The molecule has 0 aromatic heterocycles. The molecule has 0 bridgehead atoms. The number of rotatable bonds is 4. The molecule has 0 saturated heterocycles. The standard InChI is InChI=1S/C10H18O4S/c1-7(15-6-8(11)13-5)9(12)14-10(2,3)4/h7H,6H2,1-5H3. The lowest BCUT2D eigenvalue weighted by Gasteiger charge is -2.21. The monoisotopic (exact) mass is 234 g/mol. The van der Waals surface area contributed by atoms with Crippen LogP contribution in [0.4, 0.5) is 0 Å². The van der Waals surface area contributed by atoms with E-state index in [4.69, 9.17) is 4.74 Å². The number of thioether (sulfide) groups is 1. The maximum atomic E-state index is 11.5. The van der Waals surface area contributed by atoms with Crippen molar-refractivity contribution in [1.29, 1.82) is 0 Å². The highest BCUT2D eigenvalue weighted by atomic mass is 32.2. The number of carbonyl (C=O) groups is 2. The molecule has 5 heteroatoms. The van der Waals surface area contributed by atoms with Gasteiger partial charge in [-0.15, -0.1) is 11.8 Å². The molecular formula is C10H18O4S. The predicted molar refractivity (Wildman–Crippen MR) is 59.8 cm³/mol. The van der Waals surface area contributed by atoms with Gasteiger partial charge >= 0.3 is 11.9 Å². The van der Waals surface area contributed by atoms with E-state index in [2.05, 4.69) is 4.74 Å². The Kier molecular flexibility index (Phi) is 5.72. The van der Waals surface area contributed by atoms with E-state index in [1.165, 1.54) is 18.9 Å². The Hall–Kier alpha value is -0.710. The van der Waals surface area contributed by atoms with Crippen molar-refractivity contribution in [1.82, 2.24) is 0 Å². The van der Waals surface area contributed by atoms with Gasteiger partial charge in [-0.05, 0) is 27.7 Å². The van der Waals surface area contributed by atoms with Gasteiger partial charge in [0.2, 0.25) is 0 Å². The van der Waals surface area contributed by atoms with E-state index in [0.717, 1.165) is 0 Å². The fourth-order valence-corrected chi connectivity index (χ4v) is 1.39. The first-order valence-corrected chi connectivity index (χ1v) is 5.72. The highest BCUT2D eigenvalue weighted by Gasteiger charge is 2.22. The zero-order valence-corrected chi connectivity index (χ0v) is 10.6. The average Bonchev–Trinajstić information content (AvgIpc) is 2.10. The number of carbonyl (C=O) groups excluding carboxylic acids is 2. The van der Waals surface area contributed by atoms with Gasteiger partial charge in [-0.2, -0.15) is 0 Å². The molecular weight excluding hydrogens is 216 g/mol. The Morgan fingerprint density at radius 2 is 1.87 bits per heavy atom. The van der Waals surface area contributed by atoms with Crippen LogP contribution in [0.15, 0.2) is 0 Å². The largest absolute Gasteiger partial charge is 0.468 e. The van der Waals surface area contributed by atoms with E-state index >= 15 is 0 Å². The van der Waals surface area contributed by atoms with Gasteiger partial charge in [-0.25, -0.2) is 0 Å². The molecule has 0 fully saturated rings. The van der Waals surface area contributed by atoms with Crippen molar-refractivity contribution in [2.24, 2.45) is 0 Å². The highest BCUT2D eigenvalue weighted by molar-refractivity contribution is 8.01. The van der Waals surface area contributed by atoms with Crippen LogP contribution in [-0.4, -0.2) is 35.7 Å². The molecule has 0 aliphatic rings. The van der Waals surface area contributed by atoms with E-state index in [9.17, 15) is 9.59 Å². The fraction of sp³-hybridized carbons (Fsp3) is 0.800. The second kappa shape index (κ2) is 6.00.